The Labute approximate surface area is 129 Å². The van der Waals surface area contributed by atoms with Crippen LogP contribution in [-0.4, -0.2) is 30.3 Å². The number of carbonyl (C=O) groups excluding carboxylic acids is 1. The van der Waals surface area contributed by atoms with Gasteiger partial charge in [-0.2, -0.15) is 0 Å². The molecule has 0 aromatic heterocycles. The van der Waals surface area contributed by atoms with E-state index in [1.54, 1.807) is 0 Å². The number of nitrogens with one attached hydrogen (secondary N) is 2. The zero-order valence-corrected chi connectivity index (χ0v) is 13.8. The Kier molecular flexibility index (Phi) is 6.49. The van der Waals surface area contributed by atoms with E-state index in [2.05, 4.69) is 52.5 Å². The topological polar surface area (TPSA) is 61.4 Å². The first kappa shape index (κ1) is 17.0. The molecule has 0 spiro atoms. The van der Waals surface area contributed by atoms with Gasteiger partial charge in [-0.3, -0.25) is 0 Å². The molecule has 0 saturated carbocycles. The Hall–Kier alpha value is -1.07. The van der Waals surface area contributed by atoms with Crippen molar-refractivity contribution in [2.45, 2.75) is 38.6 Å². The minimum atomic E-state index is -0.198. The summed E-state index contributed by atoms with van der Waals surface area (Å²) in [5.74, 6) is 0. The van der Waals surface area contributed by atoms with Crippen molar-refractivity contribution in [3.8, 4) is 0 Å². The number of hydrogen-bond donors (Lipinski definition) is 3. The van der Waals surface area contributed by atoms with E-state index in [-0.39, 0.29) is 24.1 Å². The summed E-state index contributed by atoms with van der Waals surface area (Å²) >= 11 is 3.42. The van der Waals surface area contributed by atoms with Crippen molar-refractivity contribution in [1.82, 2.24) is 10.6 Å². The molecule has 1 atom stereocenters. The highest BCUT2D eigenvalue weighted by atomic mass is 79.9. The zero-order chi connectivity index (χ0) is 15.2. The van der Waals surface area contributed by atoms with Gasteiger partial charge in [-0.15, -0.1) is 0 Å². The van der Waals surface area contributed by atoms with Crippen LogP contribution in [-0.2, 0) is 5.41 Å². The van der Waals surface area contributed by atoms with Crippen molar-refractivity contribution in [3.05, 3.63) is 34.3 Å². The summed E-state index contributed by atoms with van der Waals surface area (Å²) in [5.41, 5.74) is 1.03. The highest BCUT2D eigenvalue weighted by Gasteiger charge is 2.21. The Balaban J connectivity index is 2.50. The molecule has 5 heteroatoms. The van der Waals surface area contributed by atoms with E-state index >= 15 is 0 Å². The number of rotatable bonds is 6. The standard InChI is InChI=1S/C15H23BrN2O2/c1-11(8-9-19)18-14(20)17-10-15(2,3)12-4-6-13(16)7-5-12/h4-7,11,19H,8-10H2,1-3H3,(H2,17,18,20)/t11-/m1/s1. The molecule has 2 amide bonds. The molecular weight excluding hydrogens is 320 g/mol. The van der Waals surface area contributed by atoms with E-state index in [0.717, 1.165) is 4.47 Å². The first-order chi connectivity index (χ1) is 9.35. The Morgan fingerprint density at radius 3 is 2.50 bits per heavy atom. The second kappa shape index (κ2) is 7.64. The molecule has 0 aliphatic heterocycles. The maximum atomic E-state index is 11.7. The van der Waals surface area contributed by atoms with E-state index in [1.807, 2.05) is 19.1 Å². The van der Waals surface area contributed by atoms with E-state index in [4.69, 9.17) is 5.11 Å². The van der Waals surface area contributed by atoms with Gasteiger partial charge in [0.1, 0.15) is 0 Å². The summed E-state index contributed by atoms with van der Waals surface area (Å²) in [7, 11) is 0. The Morgan fingerprint density at radius 2 is 1.95 bits per heavy atom. The lowest BCUT2D eigenvalue weighted by Gasteiger charge is -2.26. The first-order valence-corrected chi connectivity index (χ1v) is 7.56. The van der Waals surface area contributed by atoms with Crippen LogP contribution in [0.2, 0.25) is 0 Å². The predicted molar refractivity (Wildman–Crippen MR) is 84.9 cm³/mol. The van der Waals surface area contributed by atoms with E-state index in [0.29, 0.717) is 13.0 Å². The van der Waals surface area contributed by atoms with E-state index < -0.39 is 0 Å². The molecule has 0 fully saturated rings. The predicted octanol–water partition coefficient (Wildman–Crippen LogP) is 2.80. The van der Waals surface area contributed by atoms with Crippen LogP contribution in [0.5, 0.6) is 0 Å². The number of benzene rings is 1. The van der Waals surface area contributed by atoms with Crippen molar-refractivity contribution in [2.24, 2.45) is 0 Å². The molecule has 112 valence electrons. The summed E-state index contributed by atoms with van der Waals surface area (Å²) in [4.78, 5) is 11.7. The fraction of sp³-hybridized carbons (Fsp3) is 0.533. The number of halogens is 1. The lowest BCUT2D eigenvalue weighted by atomic mass is 9.85. The van der Waals surface area contributed by atoms with Crippen molar-refractivity contribution in [1.29, 1.82) is 0 Å². The number of carbonyl (C=O) groups is 1. The Bertz CT molecular complexity index is 432. The number of hydrogen-bond acceptors (Lipinski definition) is 2. The lowest BCUT2D eigenvalue weighted by Crippen LogP contribution is -2.45. The second-order valence-corrected chi connectivity index (χ2v) is 6.55. The highest BCUT2D eigenvalue weighted by molar-refractivity contribution is 9.10. The van der Waals surface area contributed by atoms with Gasteiger partial charge < -0.3 is 15.7 Å². The van der Waals surface area contributed by atoms with Crippen molar-refractivity contribution >= 4 is 22.0 Å². The van der Waals surface area contributed by atoms with Gasteiger partial charge in [0, 0.05) is 29.1 Å². The maximum absolute atomic E-state index is 11.7. The molecule has 1 aromatic carbocycles. The smallest absolute Gasteiger partial charge is 0.315 e. The summed E-state index contributed by atoms with van der Waals surface area (Å²) in [6.45, 7) is 6.68. The molecule has 1 aromatic rings. The molecule has 4 nitrogen and oxygen atoms in total. The summed E-state index contributed by atoms with van der Waals surface area (Å²) < 4.78 is 1.04. The monoisotopic (exact) mass is 342 g/mol. The van der Waals surface area contributed by atoms with Crippen LogP contribution in [0.4, 0.5) is 4.79 Å². The van der Waals surface area contributed by atoms with Crippen LogP contribution in [0.25, 0.3) is 0 Å². The van der Waals surface area contributed by atoms with Crippen LogP contribution in [0, 0.1) is 0 Å². The fourth-order valence-corrected chi connectivity index (χ4v) is 2.11. The molecule has 0 aliphatic carbocycles. The average molecular weight is 343 g/mol. The number of aliphatic hydroxyl groups is 1. The second-order valence-electron chi connectivity index (χ2n) is 5.63. The fourth-order valence-electron chi connectivity index (χ4n) is 1.85. The van der Waals surface area contributed by atoms with Gasteiger partial charge in [-0.05, 0) is 31.0 Å². The van der Waals surface area contributed by atoms with E-state index in [9.17, 15) is 4.79 Å². The third-order valence-electron chi connectivity index (χ3n) is 3.26. The summed E-state index contributed by atoms with van der Waals surface area (Å²) in [6, 6.07) is 7.88. The van der Waals surface area contributed by atoms with Crippen LogP contribution >= 0.6 is 15.9 Å². The third kappa shape index (κ3) is 5.51. The number of amides is 2. The maximum Gasteiger partial charge on any atom is 0.315 e. The van der Waals surface area contributed by atoms with Gasteiger partial charge in [-0.25, -0.2) is 4.79 Å². The number of urea groups is 1. The van der Waals surface area contributed by atoms with Crippen molar-refractivity contribution in [3.63, 3.8) is 0 Å². The highest BCUT2D eigenvalue weighted by Crippen LogP contribution is 2.23. The van der Waals surface area contributed by atoms with E-state index in [1.165, 1.54) is 5.56 Å². The van der Waals surface area contributed by atoms with Crippen molar-refractivity contribution in [2.75, 3.05) is 13.2 Å². The van der Waals surface area contributed by atoms with Crippen LogP contribution in [0.3, 0.4) is 0 Å². The van der Waals surface area contributed by atoms with Gasteiger partial charge in [-0.1, -0.05) is 41.9 Å². The third-order valence-corrected chi connectivity index (χ3v) is 3.78. The first-order valence-electron chi connectivity index (χ1n) is 6.76. The normalized spacial score (nSPS) is 12.8. The van der Waals surface area contributed by atoms with Crippen LogP contribution in [0.15, 0.2) is 28.7 Å². The summed E-state index contributed by atoms with van der Waals surface area (Å²) in [6.07, 6.45) is 0.559. The zero-order valence-electron chi connectivity index (χ0n) is 12.2. The molecule has 0 aliphatic rings. The molecule has 0 radical (unpaired) electrons. The average Bonchev–Trinajstić information content (AvgIpc) is 2.37. The lowest BCUT2D eigenvalue weighted by molar-refractivity contribution is 0.229. The van der Waals surface area contributed by atoms with Gasteiger partial charge in [0.25, 0.3) is 0 Å². The summed E-state index contributed by atoms with van der Waals surface area (Å²) in [5, 5.41) is 14.5. The molecular formula is C15H23BrN2O2. The molecule has 1 rings (SSSR count). The minimum Gasteiger partial charge on any atom is -0.396 e. The van der Waals surface area contributed by atoms with Gasteiger partial charge >= 0.3 is 6.03 Å². The Morgan fingerprint density at radius 1 is 1.35 bits per heavy atom. The minimum absolute atomic E-state index is 0.0317. The SMILES string of the molecule is C[C@H](CCO)NC(=O)NCC(C)(C)c1ccc(Br)cc1. The van der Waals surface area contributed by atoms with Crippen LogP contribution in [0.1, 0.15) is 32.8 Å². The molecule has 0 heterocycles. The van der Waals surface area contributed by atoms with Crippen LogP contribution < -0.4 is 10.6 Å². The number of aliphatic hydroxyl groups excluding tert-OH is 1. The molecule has 0 bridgehead atoms. The van der Waals surface area contributed by atoms with Gasteiger partial charge in [0.05, 0.1) is 0 Å². The van der Waals surface area contributed by atoms with Crippen molar-refractivity contribution < 1.29 is 9.90 Å². The largest absolute Gasteiger partial charge is 0.396 e. The molecule has 20 heavy (non-hydrogen) atoms. The van der Waals surface area contributed by atoms with Gasteiger partial charge in [0.2, 0.25) is 0 Å². The molecule has 3 N–H and O–H groups in total. The quantitative estimate of drug-likeness (QED) is 0.744. The van der Waals surface area contributed by atoms with Gasteiger partial charge in [0.15, 0.2) is 0 Å². The molecule has 0 unspecified atom stereocenters. The molecule has 0 saturated heterocycles.